The van der Waals surface area contributed by atoms with Crippen LogP contribution < -0.4 is 5.32 Å². The standard InChI is InChI=1S/C12H12N4O/c13-16-14-6-2-1-3-9-4-5-11-10(7-9)8-12(17)15-11/h1,3-5,7H,2,6,8H2,(H,15,17). The number of nitrogens with one attached hydrogen (secondary N) is 1. The molecule has 1 aromatic carbocycles. The van der Waals surface area contributed by atoms with E-state index < -0.39 is 0 Å². The lowest BCUT2D eigenvalue weighted by molar-refractivity contribution is -0.115. The van der Waals surface area contributed by atoms with Gasteiger partial charge in [0.05, 0.1) is 6.42 Å². The van der Waals surface area contributed by atoms with Crippen molar-refractivity contribution in [3.63, 3.8) is 0 Å². The van der Waals surface area contributed by atoms with Crippen molar-refractivity contribution in [3.8, 4) is 0 Å². The van der Waals surface area contributed by atoms with E-state index in [1.807, 2.05) is 30.4 Å². The number of fused-ring (bicyclic) bond motifs is 1. The van der Waals surface area contributed by atoms with Gasteiger partial charge in [0.15, 0.2) is 0 Å². The zero-order chi connectivity index (χ0) is 12.1. The number of nitrogens with zero attached hydrogens (tertiary/aromatic N) is 3. The lowest BCUT2D eigenvalue weighted by Gasteiger charge is -1.99. The maximum atomic E-state index is 11.2. The van der Waals surface area contributed by atoms with Crippen molar-refractivity contribution < 1.29 is 4.79 Å². The molecule has 0 saturated carbocycles. The fraction of sp³-hybridized carbons (Fsp3) is 0.250. The molecule has 1 aromatic rings. The average molecular weight is 228 g/mol. The lowest BCUT2D eigenvalue weighted by atomic mass is 10.1. The molecule has 1 aliphatic heterocycles. The highest BCUT2D eigenvalue weighted by atomic mass is 16.1. The van der Waals surface area contributed by atoms with Crippen LogP contribution in [0.15, 0.2) is 29.4 Å². The first-order valence-corrected chi connectivity index (χ1v) is 5.40. The number of rotatable bonds is 4. The molecule has 5 heteroatoms. The van der Waals surface area contributed by atoms with Crippen LogP contribution in [0.2, 0.25) is 0 Å². The summed E-state index contributed by atoms with van der Waals surface area (Å²) >= 11 is 0. The highest BCUT2D eigenvalue weighted by Gasteiger charge is 2.16. The van der Waals surface area contributed by atoms with E-state index in [0.717, 1.165) is 23.2 Å². The van der Waals surface area contributed by atoms with Crippen molar-refractivity contribution in [2.75, 3.05) is 11.9 Å². The Labute approximate surface area is 98.8 Å². The van der Waals surface area contributed by atoms with Crippen LogP contribution in [-0.2, 0) is 11.2 Å². The monoisotopic (exact) mass is 228 g/mol. The number of carbonyl (C=O) groups is 1. The van der Waals surface area contributed by atoms with Crippen molar-refractivity contribution >= 4 is 17.7 Å². The summed E-state index contributed by atoms with van der Waals surface area (Å²) in [5.41, 5.74) is 11.1. The van der Waals surface area contributed by atoms with Gasteiger partial charge in [-0.05, 0) is 35.2 Å². The molecule has 1 heterocycles. The van der Waals surface area contributed by atoms with Gasteiger partial charge in [-0.25, -0.2) is 0 Å². The smallest absolute Gasteiger partial charge is 0.228 e. The number of anilines is 1. The minimum Gasteiger partial charge on any atom is -0.326 e. The van der Waals surface area contributed by atoms with Crippen LogP contribution in [0.1, 0.15) is 17.5 Å². The van der Waals surface area contributed by atoms with Gasteiger partial charge < -0.3 is 5.32 Å². The van der Waals surface area contributed by atoms with Crippen molar-refractivity contribution in [3.05, 3.63) is 45.8 Å². The summed E-state index contributed by atoms with van der Waals surface area (Å²) in [6, 6.07) is 5.86. The Morgan fingerprint density at radius 2 is 2.41 bits per heavy atom. The molecular weight excluding hydrogens is 216 g/mol. The molecule has 0 bridgehead atoms. The van der Waals surface area contributed by atoms with E-state index in [1.54, 1.807) is 0 Å². The van der Waals surface area contributed by atoms with E-state index in [9.17, 15) is 4.79 Å². The topological polar surface area (TPSA) is 77.9 Å². The Bertz CT molecular complexity index is 515. The van der Waals surface area contributed by atoms with Gasteiger partial charge in [-0.1, -0.05) is 23.3 Å². The van der Waals surface area contributed by atoms with Gasteiger partial charge in [-0.3, -0.25) is 4.79 Å². The van der Waals surface area contributed by atoms with Crippen LogP contribution in [0.4, 0.5) is 5.69 Å². The minimum absolute atomic E-state index is 0.0458. The van der Waals surface area contributed by atoms with E-state index in [1.165, 1.54) is 0 Å². The summed E-state index contributed by atoms with van der Waals surface area (Å²) in [4.78, 5) is 13.8. The third-order valence-electron chi connectivity index (χ3n) is 2.52. The molecule has 0 aliphatic carbocycles. The predicted molar refractivity (Wildman–Crippen MR) is 66.4 cm³/mol. The van der Waals surface area contributed by atoms with Crippen LogP contribution in [-0.4, -0.2) is 12.5 Å². The van der Waals surface area contributed by atoms with Crippen LogP contribution in [0.3, 0.4) is 0 Å². The number of carbonyl (C=O) groups excluding carboxylic acids is 1. The SMILES string of the molecule is [N-]=[N+]=NCCC=Cc1ccc2c(c1)CC(=O)N2. The summed E-state index contributed by atoms with van der Waals surface area (Å²) in [5.74, 6) is 0.0458. The molecule has 1 amide bonds. The molecule has 1 aliphatic rings. The van der Waals surface area contributed by atoms with Crippen LogP contribution in [0.25, 0.3) is 16.5 Å². The van der Waals surface area contributed by atoms with E-state index in [-0.39, 0.29) is 5.91 Å². The van der Waals surface area contributed by atoms with Gasteiger partial charge in [0.2, 0.25) is 5.91 Å². The summed E-state index contributed by atoms with van der Waals surface area (Å²) in [5, 5.41) is 6.24. The molecule has 0 aromatic heterocycles. The van der Waals surface area contributed by atoms with Crippen molar-refractivity contribution in [2.24, 2.45) is 5.11 Å². The number of amides is 1. The summed E-state index contributed by atoms with van der Waals surface area (Å²) in [7, 11) is 0. The van der Waals surface area contributed by atoms with Crippen molar-refractivity contribution in [1.29, 1.82) is 0 Å². The molecule has 2 rings (SSSR count). The van der Waals surface area contributed by atoms with Gasteiger partial charge in [0.1, 0.15) is 0 Å². The maximum Gasteiger partial charge on any atom is 0.228 e. The minimum atomic E-state index is 0.0458. The molecule has 0 atom stereocenters. The Hall–Kier alpha value is -2.26. The van der Waals surface area contributed by atoms with E-state index in [4.69, 9.17) is 5.53 Å². The van der Waals surface area contributed by atoms with Gasteiger partial charge in [0.25, 0.3) is 0 Å². The molecule has 86 valence electrons. The number of hydrogen-bond donors (Lipinski definition) is 1. The first-order chi connectivity index (χ1) is 8.29. The Kier molecular flexibility index (Phi) is 3.43. The molecule has 0 radical (unpaired) electrons. The molecule has 5 nitrogen and oxygen atoms in total. The molecule has 0 spiro atoms. The van der Waals surface area contributed by atoms with E-state index in [2.05, 4.69) is 15.3 Å². The molecule has 0 fully saturated rings. The zero-order valence-corrected chi connectivity index (χ0v) is 9.26. The highest BCUT2D eigenvalue weighted by molar-refractivity contribution is 5.99. The second kappa shape index (κ2) is 5.18. The number of benzene rings is 1. The fourth-order valence-electron chi connectivity index (χ4n) is 1.75. The van der Waals surface area contributed by atoms with Crippen LogP contribution in [0, 0.1) is 0 Å². The third-order valence-corrected chi connectivity index (χ3v) is 2.52. The lowest BCUT2D eigenvalue weighted by Crippen LogP contribution is -2.03. The van der Waals surface area contributed by atoms with Crippen molar-refractivity contribution in [2.45, 2.75) is 12.8 Å². The maximum absolute atomic E-state index is 11.2. The molecule has 17 heavy (non-hydrogen) atoms. The predicted octanol–water partition coefficient (Wildman–Crippen LogP) is 2.89. The quantitative estimate of drug-likeness (QED) is 0.365. The summed E-state index contributed by atoms with van der Waals surface area (Å²) < 4.78 is 0. The van der Waals surface area contributed by atoms with E-state index >= 15 is 0 Å². The largest absolute Gasteiger partial charge is 0.326 e. The second-order valence-electron chi connectivity index (χ2n) is 3.79. The van der Waals surface area contributed by atoms with Crippen LogP contribution in [0.5, 0.6) is 0 Å². The van der Waals surface area contributed by atoms with Gasteiger partial charge >= 0.3 is 0 Å². The highest BCUT2D eigenvalue weighted by Crippen LogP contribution is 2.24. The molecular formula is C12H12N4O. The van der Waals surface area contributed by atoms with Gasteiger partial charge in [-0.2, -0.15) is 0 Å². The van der Waals surface area contributed by atoms with Gasteiger partial charge in [-0.15, -0.1) is 0 Å². The molecule has 0 saturated heterocycles. The summed E-state index contributed by atoms with van der Waals surface area (Å²) in [6.45, 7) is 0.470. The Morgan fingerprint density at radius 3 is 3.24 bits per heavy atom. The number of azide groups is 1. The summed E-state index contributed by atoms with van der Waals surface area (Å²) in [6.07, 6.45) is 5.10. The molecule has 0 unspecified atom stereocenters. The van der Waals surface area contributed by atoms with Crippen molar-refractivity contribution in [1.82, 2.24) is 0 Å². The van der Waals surface area contributed by atoms with E-state index in [0.29, 0.717) is 13.0 Å². The Balaban J connectivity index is 2.01. The molecule has 1 N–H and O–H groups in total. The normalized spacial score (nSPS) is 13.3. The second-order valence-corrected chi connectivity index (χ2v) is 3.79. The van der Waals surface area contributed by atoms with Gasteiger partial charge in [0, 0.05) is 17.1 Å². The third kappa shape index (κ3) is 2.86. The van der Waals surface area contributed by atoms with Crippen LogP contribution >= 0.6 is 0 Å². The fourth-order valence-corrected chi connectivity index (χ4v) is 1.75. The zero-order valence-electron chi connectivity index (χ0n) is 9.26. The first-order valence-electron chi connectivity index (χ1n) is 5.40. The number of hydrogen-bond acceptors (Lipinski definition) is 2. The Morgan fingerprint density at radius 1 is 1.53 bits per heavy atom. The first kappa shape index (κ1) is 11.2. The average Bonchev–Trinajstić information content (AvgIpc) is 2.68.